The number of nitrogens with one attached hydrogen (secondary N) is 2. The van der Waals surface area contributed by atoms with Crippen LogP contribution in [-0.2, 0) is 15.1 Å². The molecular formula is C22H24ClN3O6. The Kier molecular flexibility index (Phi) is 6.50. The molecule has 2 aromatic carbocycles. The van der Waals surface area contributed by atoms with Gasteiger partial charge in [0.15, 0.2) is 11.5 Å². The predicted molar refractivity (Wildman–Crippen MR) is 119 cm³/mol. The van der Waals surface area contributed by atoms with Crippen molar-refractivity contribution in [3.63, 3.8) is 0 Å². The van der Waals surface area contributed by atoms with Crippen LogP contribution in [0.2, 0.25) is 5.02 Å². The molecule has 0 saturated carbocycles. The molecule has 9 nitrogen and oxygen atoms in total. The number of urea groups is 1. The number of ether oxygens (including phenoxy) is 3. The predicted octanol–water partition coefficient (Wildman–Crippen LogP) is 3.08. The van der Waals surface area contributed by atoms with Crippen LogP contribution in [0, 0.1) is 6.92 Å². The van der Waals surface area contributed by atoms with Crippen LogP contribution in [-0.4, -0.2) is 50.6 Å². The fraction of sp³-hybridized carbons (Fsp3) is 0.318. The molecule has 1 aliphatic heterocycles. The maximum absolute atomic E-state index is 13.2. The Hall–Kier alpha value is -3.46. The fourth-order valence-electron chi connectivity index (χ4n) is 3.45. The molecule has 1 fully saturated rings. The summed E-state index contributed by atoms with van der Waals surface area (Å²) in [6.07, 6.45) is 0. The highest BCUT2D eigenvalue weighted by molar-refractivity contribution is 6.31. The molecule has 3 rings (SSSR count). The first-order chi connectivity index (χ1) is 15.1. The second-order valence-electron chi connectivity index (χ2n) is 7.37. The summed E-state index contributed by atoms with van der Waals surface area (Å²) in [6, 6.07) is 7.46. The van der Waals surface area contributed by atoms with Gasteiger partial charge in [-0.1, -0.05) is 17.7 Å². The summed E-state index contributed by atoms with van der Waals surface area (Å²) in [4.78, 5) is 39.2. The molecule has 4 amide bonds. The number of carbonyl (C=O) groups excluding carboxylic acids is 3. The minimum Gasteiger partial charge on any atom is -0.495 e. The van der Waals surface area contributed by atoms with Gasteiger partial charge in [-0.2, -0.15) is 0 Å². The molecular weight excluding hydrogens is 438 g/mol. The quantitative estimate of drug-likeness (QED) is 0.614. The lowest BCUT2D eigenvalue weighted by Crippen LogP contribution is -2.42. The zero-order valence-corrected chi connectivity index (χ0v) is 19.1. The normalized spacial score (nSPS) is 17.8. The van der Waals surface area contributed by atoms with Crippen LogP contribution in [0.5, 0.6) is 17.2 Å². The van der Waals surface area contributed by atoms with Gasteiger partial charge in [0.1, 0.15) is 17.8 Å². The Balaban J connectivity index is 1.81. The zero-order valence-electron chi connectivity index (χ0n) is 18.4. The van der Waals surface area contributed by atoms with Gasteiger partial charge in [-0.15, -0.1) is 0 Å². The average molecular weight is 462 g/mol. The maximum atomic E-state index is 13.2. The Morgan fingerprint density at radius 1 is 1.06 bits per heavy atom. The highest BCUT2D eigenvalue weighted by Crippen LogP contribution is 2.35. The van der Waals surface area contributed by atoms with E-state index in [0.29, 0.717) is 33.5 Å². The van der Waals surface area contributed by atoms with Crippen molar-refractivity contribution in [3.8, 4) is 17.2 Å². The van der Waals surface area contributed by atoms with Crippen LogP contribution in [0.4, 0.5) is 10.5 Å². The minimum atomic E-state index is -1.37. The molecule has 0 radical (unpaired) electrons. The molecule has 170 valence electrons. The molecule has 1 aliphatic rings. The number of methoxy groups -OCH3 is 3. The van der Waals surface area contributed by atoms with E-state index in [1.807, 2.05) is 0 Å². The standard InChI is InChI=1S/C22H24ClN3O6/c1-12-8-15(17(31-4)10-14(12)23)24-19(27)11-26-20(28)22(2,25-21(26)29)13-6-7-16(30-3)18(9-13)32-5/h6-10H,11H2,1-5H3,(H,24,27)(H,25,29)/t22-/m1/s1. The number of aryl methyl sites for hydroxylation is 1. The number of carbonyl (C=O) groups is 3. The monoisotopic (exact) mass is 461 g/mol. The zero-order chi connectivity index (χ0) is 23.6. The second-order valence-corrected chi connectivity index (χ2v) is 7.77. The van der Waals surface area contributed by atoms with E-state index in [2.05, 4.69) is 10.6 Å². The lowest BCUT2D eigenvalue weighted by atomic mass is 9.91. The van der Waals surface area contributed by atoms with Crippen LogP contribution >= 0.6 is 11.6 Å². The van der Waals surface area contributed by atoms with E-state index in [1.54, 1.807) is 44.2 Å². The van der Waals surface area contributed by atoms with Crippen molar-refractivity contribution in [2.75, 3.05) is 33.2 Å². The highest BCUT2D eigenvalue weighted by Gasteiger charge is 2.49. The van der Waals surface area contributed by atoms with Gasteiger partial charge < -0.3 is 24.8 Å². The number of rotatable bonds is 7. The SMILES string of the molecule is COc1cc(Cl)c(C)cc1NC(=O)CN1C(=O)N[C@](C)(c2ccc(OC)c(OC)c2)C1=O. The van der Waals surface area contributed by atoms with Crippen LogP contribution in [0.1, 0.15) is 18.1 Å². The van der Waals surface area contributed by atoms with Gasteiger partial charge in [-0.25, -0.2) is 4.79 Å². The number of benzene rings is 2. The van der Waals surface area contributed by atoms with Crippen molar-refractivity contribution in [2.45, 2.75) is 19.4 Å². The van der Waals surface area contributed by atoms with Crippen molar-refractivity contribution in [2.24, 2.45) is 0 Å². The van der Waals surface area contributed by atoms with Crippen LogP contribution in [0.15, 0.2) is 30.3 Å². The molecule has 2 N–H and O–H groups in total. The third-order valence-electron chi connectivity index (χ3n) is 5.29. The molecule has 0 unspecified atom stereocenters. The molecule has 1 heterocycles. The molecule has 0 aromatic heterocycles. The van der Waals surface area contributed by atoms with Crippen LogP contribution in [0.3, 0.4) is 0 Å². The molecule has 0 spiro atoms. The van der Waals surface area contributed by atoms with E-state index in [9.17, 15) is 14.4 Å². The number of anilines is 1. The fourth-order valence-corrected chi connectivity index (χ4v) is 3.60. The van der Waals surface area contributed by atoms with Crippen molar-refractivity contribution < 1.29 is 28.6 Å². The van der Waals surface area contributed by atoms with Crippen molar-refractivity contribution in [1.29, 1.82) is 0 Å². The Labute approximate surface area is 190 Å². The molecule has 0 aliphatic carbocycles. The summed E-state index contributed by atoms with van der Waals surface area (Å²) in [7, 11) is 4.42. The molecule has 32 heavy (non-hydrogen) atoms. The summed E-state index contributed by atoms with van der Waals surface area (Å²) >= 11 is 6.09. The summed E-state index contributed by atoms with van der Waals surface area (Å²) < 4.78 is 15.8. The number of amides is 4. The number of imide groups is 1. The molecule has 1 atom stereocenters. The largest absolute Gasteiger partial charge is 0.495 e. The third-order valence-corrected chi connectivity index (χ3v) is 5.70. The second kappa shape index (κ2) is 8.96. The van der Waals surface area contributed by atoms with Gasteiger partial charge in [0.05, 0.1) is 27.0 Å². The number of hydrogen-bond acceptors (Lipinski definition) is 6. The van der Waals surface area contributed by atoms with E-state index in [0.717, 1.165) is 10.5 Å². The molecule has 1 saturated heterocycles. The van der Waals surface area contributed by atoms with Gasteiger partial charge in [0, 0.05) is 11.1 Å². The van der Waals surface area contributed by atoms with Crippen molar-refractivity contribution in [1.82, 2.24) is 10.2 Å². The van der Waals surface area contributed by atoms with Gasteiger partial charge in [0.2, 0.25) is 5.91 Å². The summed E-state index contributed by atoms with van der Waals surface area (Å²) in [5, 5.41) is 5.81. The summed E-state index contributed by atoms with van der Waals surface area (Å²) in [6.45, 7) is 2.87. The van der Waals surface area contributed by atoms with E-state index in [4.69, 9.17) is 25.8 Å². The maximum Gasteiger partial charge on any atom is 0.325 e. The lowest BCUT2D eigenvalue weighted by molar-refractivity contribution is -0.133. The summed E-state index contributed by atoms with van der Waals surface area (Å²) in [5.74, 6) is 0.130. The average Bonchev–Trinajstić information content (AvgIpc) is 2.99. The molecule has 0 bridgehead atoms. The Morgan fingerprint density at radius 2 is 1.72 bits per heavy atom. The van der Waals surface area contributed by atoms with Crippen molar-refractivity contribution in [3.05, 3.63) is 46.5 Å². The van der Waals surface area contributed by atoms with E-state index >= 15 is 0 Å². The highest BCUT2D eigenvalue weighted by atomic mass is 35.5. The number of hydrogen-bond donors (Lipinski definition) is 2. The smallest absolute Gasteiger partial charge is 0.325 e. The van der Waals surface area contributed by atoms with Gasteiger partial charge in [-0.3, -0.25) is 14.5 Å². The van der Waals surface area contributed by atoms with Gasteiger partial charge in [-0.05, 0) is 43.2 Å². The van der Waals surface area contributed by atoms with E-state index in [1.165, 1.54) is 21.3 Å². The first-order valence-electron chi connectivity index (χ1n) is 9.65. The number of halogens is 1. The van der Waals surface area contributed by atoms with Gasteiger partial charge in [0.25, 0.3) is 5.91 Å². The lowest BCUT2D eigenvalue weighted by Gasteiger charge is -2.23. The van der Waals surface area contributed by atoms with Crippen molar-refractivity contribution >= 4 is 35.1 Å². The van der Waals surface area contributed by atoms with E-state index in [-0.39, 0.29) is 0 Å². The van der Waals surface area contributed by atoms with E-state index < -0.39 is 29.9 Å². The summed E-state index contributed by atoms with van der Waals surface area (Å²) in [5.41, 5.74) is 0.241. The minimum absolute atomic E-state index is 0.362. The van der Waals surface area contributed by atoms with Crippen LogP contribution < -0.4 is 24.8 Å². The van der Waals surface area contributed by atoms with Gasteiger partial charge >= 0.3 is 6.03 Å². The molecule has 10 heteroatoms. The first-order valence-corrected chi connectivity index (χ1v) is 10.0. The topological polar surface area (TPSA) is 106 Å². The Morgan fingerprint density at radius 3 is 2.34 bits per heavy atom. The number of nitrogens with zero attached hydrogens (tertiary/aromatic N) is 1. The first kappa shape index (κ1) is 23.2. The Bertz CT molecular complexity index is 1090. The molecule has 2 aromatic rings. The third kappa shape index (κ3) is 4.16. The van der Waals surface area contributed by atoms with Crippen LogP contribution in [0.25, 0.3) is 0 Å².